The highest BCUT2D eigenvalue weighted by Crippen LogP contribution is 2.23. The summed E-state index contributed by atoms with van der Waals surface area (Å²) in [5.74, 6) is -0.0948. The minimum atomic E-state index is -0.345. The SMILES string of the molecule is CCOC(C)(C)CNC(=O)c1cc(N)c(C)s1. The maximum absolute atomic E-state index is 11.8. The Morgan fingerprint density at radius 1 is 1.59 bits per heavy atom. The highest BCUT2D eigenvalue weighted by Gasteiger charge is 2.19. The van der Waals surface area contributed by atoms with Gasteiger partial charge >= 0.3 is 0 Å². The Morgan fingerprint density at radius 2 is 2.24 bits per heavy atom. The molecule has 0 aromatic carbocycles. The lowest BCUT2D eigenvalue weighted by atomic mass is 10.1. The lowest BCUT2D eigenvalue weighted by Gasteiger charge is -2.24. The quantitative estimate of drug-likeness (QED) is 0.848. The average Bonchev–Trinajstić information content (AvgIpc) is 2.56. The van der Waals surface area contributed by atoms with E-state index in [1.165, 1.54) is 11.3 Å². The van der Waals surface area contributed by atoms with E-state index in [1.807, 2.05) is 27.7 Å². The number of nitrogens with one attached hydrogen (secondary N) is 1. The van der Waals surface area contributed by atoms with E-state index < -0.39 is 0 Å². The predicted octanol–water partition coefficient (Wildman–Crippen LogP) is 2.18. The Morgan fingerprint density at radius 3 is 2.71 bits per heavy atom. The van der Waals surface area contributed by atoms with Crippen LogP contribution in [0.4, 0.5) is 5.69 Å². The molecule has 4 nitrogen and oxygen atoms in total. The number of rotatable bonds is 5. The highest BCUT2D eigenvalue weighted by molar-refractivity contribution is 7.14. The second-order valence-electron chi connectivity index (χ2n) is 4.50. The second-order valence-corrected chi connectivity index (χ2v) is 5.75. The molecule has 96 valence electrons. The van der Waals surface area contributed by atoms with E-state index >= 15 is 0 Å². The van der Waals surface area contributed by atoms with Gasteiger partial charge in [0, 0.05) is 23.7 Å². The molecule has 0 bridgehead atoms. The maximum atomic E-state index is 11.8. The molecule has 5 heteroatoms. The van der Waals surface area contributed by atoms with Crippen molar-refractivity contribution < 1.29 is 9.53 Å². The summed E-state index contributed by atoms with van der Waals surface area (Å²) in [4.78, 5) is 13.5. The molecule has 3 N–H and O–H groups in total. The largest absolute Gasteiger partial charge is 0.398 e. The van der Waals surface area contributed by atoms with Crippen molar-refractivity contribution >= 4 is 22.9 Å². The number of nitrogens with two attached hydrogens (primary N) is 1. The Labute approximate surface area is 106 Å². The first-order chi connectivity index (χ1) is 7.85. The van der Waals surface area contributed by atoms with Crippen molar-refractivity contribution in [2.45, 2.75) is 33.3 Å². The fraction of sp³-hybridized carbons (Fsp3) is 0.583. The molecule has 1 amide bonds. The number of ether oxygens (including phenoxy) is 1. The fourth-order valence-corrected chi connectivity index (χ4v) is 2.29. The first-order valence-corrected chi connectivity index (χ1v) is 6.45. The third kappa shape index (κ3) is 4.02. The standard InChI is InChI=1S/C12H20N2O2S/c1-5-16-12(3,4)7-14-11(15)10-6-9(13)8(2)17-10/h6H,5,7,13H2,1-4H3,(H,14,15). The zero-order chi connectivity index (χ0) is 13.1. The molecule has 0 atom stereocenters. The zero-order valence-corrected chi connectivity index (χ0v) is 11.6. The third-order valence-corrected chi connectivity index (χ3v) is 3.45. The Hall–Kier alpha value is -1.07. The van der Waals surface area contributed by atoms with E-state index in [-0.39, 0.29) is 11.5 Å². The average molecular weight is 256 g/mol. The number of amides is 1. The van der Waals surface area contributed by atoms with Crippen LogP contribution in [0.2, 0.25) is 0 Å². The van der Waals surface area contributed by atoms with Crippen LogP contribution in [0, 0.1) is 6.92 Å². The van der Waals surface area contributed by atoms with Crippen LogP contribution in [0.25, 0.3) is 0 Å². The zero-order valence-electron chi connectivity index (χ0n) is 10.8. The van der Waals surface area contributed by atoms with Crippen LogP contribution in [0.1, 0.15) is 35.3 Å². The minimum Gasteiger partial charge on any atom is -0.398 e. The van der Waals surface area contributed by atoms with Crippen LogP contribution in [0.15, 0.2) is 6.07 Å². The number of aryl methyl sites for hydroxylation is 1. The molecular weight excluding hydrogens is 236 g/mol. The van der Waals surface area contributed by atoms with Crippen LogP contribution in [0.5, 0.6) is 0 Å². The van der Waals surface area contributed by atoms with Gasteiger partial charge in [-0.05, 0) is 33.8 Å². The molecule has 0 saturated carbocycles. The van der Waals surface area contributed by atoms with E-state index in [0.717, 1.165) is 4.88 Å². The molecule has 0 fully saturated rings. The fourth-order valence-electron chi connectivity index (χ4n) is 1.43. The van der Waals surface area contributed by atoms with Crippen molar-refractivity contribution in [3.05, 3.63) is 15.8 Å². The number of hydrogen-bond donors (Lipinski definition) is 2. The first-order valence-electron chi connectivity index (χ1n) is 5.64. The van der Waals surface area contributed by atoms with Gasteiger partial charge in [-0.15, -0.1) is 11.3 Å². The molecule has 1 rings (SSSR count). The molecule has 0 radical (unpaired) electrons. The molecular formula is C12H20N2O2S. The van der Waals surface area contributed by atoms with Gasteiger partial charge in [0.2, 0.25) is 0 Å². The molecule has 0 aliphatic carbocycles. The normalized spacial score (nSPS) is 11.5. The van der Waals surface area contributed by atoms with Crippen LogP contribution in [-0.2, 0) is 4.74 Å². The molecule has 17 heavy (non-hydrogen) atoms. The molecule has 1 heterocycles. The maximum Gasteiger partial charge on any atom is 0.261 e. The Balaban J connectivity index is 2.56. The first kappa shape index (κ1) is 14.0. The molecule has 0 saturated heterocycles. The van der Waals surface area contributed by atoms with Gasteiger partial charge in [-0.1, -0.05) is 0 Å². The van der Waals surface area contributed by atoms with Gasteiger partial charge in [-0.3, -0.25) is 4.79 Å². The molecule has 1 aromatic heterocycles. The monoisotopic (exact) mass is 256 g/mol. The summed E-state index contributed by atoms with van der Waals surface area (Å²) in [7, 11) is 0. The number of hydrogen-bond acceptors (Lipinski definition) is 4. The van der Waals surface area contributed by atoms with E-state index in [2.05, 4.69) is 5.32 Å². The van der Waals surface area contributed by atoms with Crippen molar-refractivity contribution in [3.8, 4) is 0 Å². The van der Waals surface area contributed by atoms with Crippen molar-refractivity contribution in [3.63, 3.8) is 0 Å². The number of carbonyl (C=O) groups excluding carboxylic acids is 1. The summed E-state index contributed by atoms with van der Waals surface area (Å²) >= 11 is 1.41. The highest BCUT2D eigenvalue weighted by atomic mass is 32.1. The lowest BCUT2D eigenvalue weighted by Crippen LogP contribution is -2.40. The molecule has 0 unspecified atom stereocenters. The number of nitrogen functional groups attached to an aromatic ring is 1. The summed E-state index contributed by atoms with van der Waals surface area (Å²) in [6.07, 6.45) is 0. The Kier molecular flexibility index (Phi) is 4.54. The van der Waals surface area contributed by atoms with Crippen LogP contribution < -0.4 is 11.1 Å². The predicted molar refractivity (Wildman–Crippen MR) is 71.5 cm³/mol. The van der Waals surface area contributed by atoms with Crippen molar-refractivity contribution in [1.82, 2.24) is 5.32 Å². The van der Waals surface area contributed by atoms with Crippen LogP contribution in [-0.4, -0.2) is 24.7 Å². The van der Waals surface area contributed by atoms with Gasteiger partial charge in [-0.2, -0.15) is 0 Å². The van der Waals surface area contributed by atoms with Gasteiger partial charge in [0.1, 0.15) is 0 Å². The van der Waals surface area contributed by atoms with Gasteiger partial charge in [-0.25, -0.2) is 0 Å². The molecule has 0 aliphatic rings. The number of anilines is 1. The molecule has 1 aromatic rings. The van der Waals surface area contributed by atoms with Gasteiger partial charge in [0.25, 0.3) is 5.91 Å². The smallest absolute Gasteiger partial charge is 0.261 e. The molecule has 0 aliphatic heterocycles. The summed E-state index contributed by atoms with van der Waals surface area (Å²) in [5.41, 5.74) is 6.04. The van der Waals surface area contributed by atoms with Gasteiger partial charge in [0.05, 0.1) is 10.5 Å². The number of carbonyl (C=O) groups is 1. The van der Waals surface area contributed by atoms with Crippen molar-refractivity contribution in [2.75, 3.05) is 18.9 Å². The Bertz CT molecular complexity index is 380. The van der Waals surface area contributed by atoms with Crippen molar-refractivity contribution in [2.24, 2.45) is 0 Å². The van der Waals surface area contributed by atoms with Crippen LogP contribution in [0.3, 0.4) is 0 Å². The van der Waals surface area contributed by atoms with E-state index in [4.69, 9.17) is 10.5 Å². The van der Waals surface area contributed by atoms with E-state index in [1.54, 1.807) is 6.07 Å². The summed E-state index contributed by atoms with van der Waals surface area (Å²) < 4.78 is 5.51. The van der Waals surface area contributed by atoms with Crippen molar-refractivity contribution in [1.29, 1.82) is 0 Å². The third-order valence-electron chi connectivity index (χ3n) is 2.39. The summed E-state index contributed by atoms with van der Waals surface area (Å²) in [5, 5.41) is 2.86. The van der Waals surface area contributed by atoms with Gasteiger partial charge < -0.3 is 15.8 Å². The molecule has 0 spiro atoms. The minimum absolute atomic E-state index is 0.0948. The van der Waals surface area contributed by atoms with E-state index in [0.29, 0.717) is 23.7 Å². The topological polar surface area (TPSA) is 64.3 Å². The lowest BCUT2D eigenvalue weighted by molar-refractivity contribution is -0.00812. The van der Waals surface area contributed by atoms with Crippen LogP contribution >= 0.6 is 11.3 Å². The number of thiophene rings is 1. The van der Waals surface area contributed by atoms with Gasteiger partial charge in [0.15, 0.2) is 0 Å². The second kappa shape index (κ2) is 5.51. The summed E-state index contributed by atoms with van der Waals surface area (Å²) in [6.45, 7) is 8.86. The summed E-state index contributed by atoms with van der Waals surface area (Å²) in [6, 6.07) is 1.71. The van der Waals surface area contributed by atoms with E-state index in [9.17, 15) is 4.79 Å².